The van der Waals surface area contributed by atoms with Crippen molar-refractivity contribution in [3.63, 3.8) is 0 Å². The van der Waals surface area contributed by atoms with E-state index < -0.39 is 15.6 Å². The average molecular weight is 299 g/mol. The Kier molecular flexibility index (Phi) is 4.20. The van der Waals surface area contributed by atoms with Crippen molar-refractivity contribution in [3.05, 3.63) is 29.3 Å². The summed E-state index contributed by atoms with van der Waals surface area (Å²) in [5, 5.41) is 9.29. The number of rotatable bonds is 3. The summed E-state index contributed by atoms with van der Waals surface area (Å²) in [5.41, 5.74) is 0.950. The molecule has 112 valence electrons. The number of sulfonamides is 1. The monoisotopic (exact) mass is 299 g/mol. The molecule has 0 saturated carbocycles. The lowest BCUT2D eigenvalue weighted by molar-refractivity contribution is -0.00771. The van der Waals surface area contributed by atoms with E-state index in [1.165, 1.54) is 4.31 Å². The minimum atomic E-state index is -3.58. The minimum Gasteiger partial charge on any atom is -0.392 e. The normalized spacial score (nSPS) is 20.0. The van der Waals surface area contributed by atoms with E-state index in [0.29, 0.717) is 25.3 Å². The van der Waals surface area contributed by atoms with E-state index in [0.717, 1.165) is 5.56 Å². The van der Waals surface area contributed by atoms with E-state index in [-0.39, 0.29) is 11.5 Å². The molecule has 1 aliphatic rings. The van der Waals surface area contributed by atoms with Crippen LogP contribution in [0.15, 0.2) is 23.1 Å². The first-order valence-electron chi connectivity index (χ1n) is 6.60. The van der Waals surface area contributed by atoms with Gasteiger partial charge in [0, 0.05) is 6.54 Å². The number of aryl methyl sites for hydroxylation is 1. The highest BCUT2D eigenvalue weighted by molar-refractivity contribution is 7.89. The van der Waals surface area contributed by atoms with Gasteiger partial charge in [-0.05, 0) is 44.0 Å². The Hall–Kier alpha value is -0.950. The number of morpholine rings is 1. The summed E-state index contributed by atoms with van der Waals surface area (Å²) in [7, 11) is -3.58. The number of hydrogen-bond donors (Lipinski definition) is 1. The van der Waals surface area contributed by atoms with E-state index in [2.05, 4.69) is 0 Å². The van der Waals surface area contributed by atoms with Gasteiger partial charge in [0.25, 0.3) is 0 Å². The number of aliphatic hydroxyl groups excluding tert-OH is 1. The summed E-state index contributed by atoms with van der Waals surface area (Å²) in [5.74, 6) is 0. The topological polar surface area (TPSA) is 66.8 Å². The van der Waals surface area contributed by atoms with Crippen LogP contribution in [0.2, 0.25) is 0 Å². The van der Waals surface area contributed by atoms with Gasteiger partial charge in [0.05, 0.1) is 30.3 Å². The molecule has 0 bridgehead atoms. The number of hydrogen-bond acceptors (Lipinski definition) is 4. The molecule has 0 unspecified atom stereocenters. The van der Waals surface area contributed by atoms with Gasteiger partial charge in [-0.1, -0.05) is 6.07 Å². The van der Waals surface area contributed by atoms with Crippen LogP contribution in [-0.4, -0.2) is 43.1 Å². The molecule has 6 heteroatoms. The summed E-state index contributed by atoms with van der Waals surface area (Å²) in [6.07, 6.45) is 0. The van der Waals surface area contributed by atoms with E-state index in [1.54, 1.807) is 18.2 Å². The second kappa shape index (κ2) is 5.44. The molecule has 0 aliphatic carbocycles. The van der Waals surface area contributed by atoms with Gasteiger partial charge in [0.15, 0.2) is 0 Å². The van der Waals surface area contributed by atoms with Crippen molar-refractivity contribution in [2.75, 3.05) is 19.8 Å². The third-order valence-corrected chi connectivity index (χ3v) is 5.75. The van der Waals surface area contributed by atoms with E-state index in [9.17, 15) is 13.5 Å². The first-order chi connectivity index (χ1) is 9.29. The van der Waals surface area contributed by atoms with E-state index >= 15 is 0 Å². The van der Waals surface area contributed by atoms with Crippen molar-refractivity contribution < 1.29 is 18.3 Å². The Balaban J connectivity index is 2.44. The molecule has 20 heavy (non-hydrogen) atoms. The van der Waals surface area contributed by atoms with Gasteiger partial charge in [-0.15, -0.1) is 0 Å². The summed E-state index contributed by atoms with van der Waals surface area (Å²) in [6.45, 7) is 6.52. The zero-order valence-electron chi connectivity index (χ0n) is 12.1. The molecule has 0 aromatic heterocycles. The van der Waals surface area contributed by atoms with Crippen LogP contribution < -0.4 is 0 Å². The molecule has 1 aromatic rings. The van der Waals surface area contributed by atoms with E-state index in [1.807, 2.05) is 20.8 Å². The maximum Gasteiger partial charge on any atom is 0.243 e. The van der Waals surface area contributed by atoms with Gasteiger partial charge in [-0.25, -0.2) is 8.42 Å². The molecule has 1 saturated heterocycles. The third kappa shape index (κ3) is 2.74. The molecular formula is C14H21NO4S. The van der Waals surface area contributed by atoms with Crippen LogP contribution in [0.5, 0.6) is 0 Å². The Morgan fingerprint density at radius 3 is 2.70 bits per heavy atom. The molecule has 0 atom stereocenters. The molecule has 0 radical (unpaired) electrons. The molecule has 1 aliphatic heterocycles. The van der Waals surface area contributed by atoms with Crippen molar-refractivity contribution in [1.82, 2.24) is 4.31 Å². The van der Waals surface area contributed by atoms with Crippen LogP contribution in [-0.2, 0) is 21.4 Å². The largest absolute Gasteiger partial charge is 0.392 e. The van der Waals surface area contributed by atoms with Crippen LogP contribution in [0.3, 0.4) is 0 Å². The molecule has 1 heterocycles. The van der Waals surface area contributed by atoms with Crippen LogP contribution in [0.4, 0.5) is 0 Å². The Labute approximate surface area is 120 Å². The molecule has 5 nitrogen and oxygen atoms in total. The highest BCUT2D eigenvalue weighted by Gasteiger charge is 2.39. The Morgan fingerprint density at radius 2 is 2.10 bits per heavy atom. The summed E-state index contributed by atoms with van der Waals surface area (Å²) < 4.78 is 32.4. The van der Waals surface area contributed by atoms with Gasteiger partial charge >= 0.3 is 0 Å². The highest BCUT2D eigenvalue weighted by Crippen LogP contribution is 2.28. The Morgan fingerprint density at radius 1 is 1.40 bits per heavy atom. The maximum absolute atomic E-state index is 12.8. The van der Waals surface area contributed by atoms with Gasteiger partial charge in [0.2, 0.25) is 10.0 Å². The van der Waals surface area contributed by atoms with E-state index in [4.69, 9.17) is 4.74 Å². The first kappa shape index (κ1) is 15.4. The number of benzene rings is 1. The van der Waals surface area contributed by atoms with Gasteiger partial charge in [-0.2, -0.15) is 4.31 Å². The third-order valence-electron chi connectivity index (χ3n) is 3.65. The van der Waals surface area contributed by atoms with Crippen LogP contribution >= 0.6 is 0 Å². The van der Waals surface area contributed by atoms with Crippen LogP contribution in [0, 0.1) is 6.92 Å². The van der Waals surface area contributed by atoms with Crippen molar-refractivity contribution in [2.24, 2.45) is 0 Å². The highest BCUT2D eigenvalue weighted by atomic mass is 32.2. The van der Waals surface area contributed by atoms with Crippen molar-refractivity contribution >= 4 is 10.0 Å². The SMILES string of the molecule is Cc1ccc(S(=O)(=O)N2CCOCC2(C)C)cc1CO. The predicted octanol–water partition coefficient (Wildman–Crippen LogP) is 1.29. The second-order valence-electron chi connectivity index (χ2n) is 5.69. The zero-order valence-corrected chi connectivity index (χ0v) is 12.9. The summed E-state index contributed by atoms with van der Waals surface area (Å²) in [6, 6.07) is 4.87. The maximum atomic E-state index is 12.8. The number of aliphatic hydroxyl groups is 1. The van der Waals surface area contributed by atoms with Gasteiger partial charge < -0.3 is 9.84 Å². The molecular weight excluding hydrogens is 278 g/mol. The molecule has 1 N–H and O–H groups in total. The quantitative estimate of drug-likeness (QED) is 0.913. The van der Waals surface area contributed by atoms with Crippen LogP contribution in [0.25, 0.3) is 0 Å². The van der Waals surface area contributed by atoms with Gasteiger partial charge in [-0.3, -0.25) is 0 Å². The molecule has 0 amide bonds. The van der Waals surface area contributed by atoms with Gasteiger partial charge in [0.1, 0.15) is 0 Å². The van der Waals surface area contributed by atoms with Crippen LogP contribution in [0.1, 0.15) is 25.0 Å². The fraction of sp³-hybridized carbons (Fsp3) is 0.571. The molecule has 1 aromatic carbocycles. The molecule has 1 fully saturated rings. The molecule has 2 rings (SSSR count). The van der Waals surface area contributed by atoms with Crippen molar-refractivity contribution in [3.8, 4) is 0 Å². The zero-order chi connectivity index (χ0) is 15.0. The lowest BCUT2D eigenvalue weighted by atomic mass is 10.1. The standard InChI is InChI=1S/C14H21NO4S/c1-11-4-5-13(8-12(11)9-16)20(17,18)15-6-7-19-10-14(15,2)3/h4-5,8,16H,6-7,9-10H2,1-3H3. The summed E-state index contributed by atoms with van der Waals surface area (Å²) in [4.78, 5) is 0.224. The van der Waals surface area contributed by atoms with Crippen molar-refractivity contribution in [1.29, 1.82) is 0 Å². The first-order valence-corrected chi connectivity index (χ1v) is 8.04. The number of nitrogens with zero attached hydrogens (tertiary/aromatic N) is 1. The smallest absolute Gasteiger partial charge is 0.243 e. The fourth-order valence-electron chi connectivity index (χ4n) is 2.40. The minimum absolute atomic E-state index is 0.165. The lowest BCUT2D eigenvalue weighted by Crippen LogP contribution is -2.55. The summed E-state index contributed by atoms with van der Waals surface area (Å²) >= 11 is 0. The predicted molar refractivity (Wildman–Crippen MR) is 75.9 cm³/mol. The van der Waals surface area contributed by atoms with Crippen molar-refractivity contribution in [2.45, 2.75) is 37.8 Å². The average Bonchev–Trinajstić information content (AvgIpc) is 2.38. The lowest BCUT2D eigenvalue weighted by Gasteiger charge is -2.40. The second-order valence-corrected chi connectivity index (χ2v) is 7.55. The number of ether oxygens (including phenoxy) is 1. The Bertz CT molecular complexity index is 595. The molecule has 0 spiro atoms. The fourth-order valence-corrected chi connectivity index (χ4v) is 4.20.